The molecule has 26 heavy (non-hydrogen) atoms. The molecule has 0 aliphatic heterocycles. The Balaban J connectivity index is 1.40. The second-order valence-corrected chi connectivity index (χ2v) is 7.32. The molecule has 2 aliphatic carbocycles. The van der Waals surface area contributed by atoms with Crippen LogP contribution in [0.15, 0.2) is 23.0 Å². The summed E-state index contributed by atoms with van der Waals surface area (Å²) in [5.74, 6) is -1.56. The summed E-state index contributed by atoms with van der Waals surface area (Å²) < 4.78 is 26.4. The van der Waals surface area contributed by atoms with Crippen molar-refractivity contribution in [1.82, 2.24) is 15.3 Å². The van der Waals surface area contributed by atoms with Crippen LogP contribution in [0.5, 0.6) is 0 Å². The molecular formula is C18H16ClF2N3O2. The van der Waals surface area contributed by atoms with Crippen molar-refractivity contribution in [3.8, 4) is 0 Å². The van der Waals surface area contributed by atoms with Crippen molar-refractivity contribution in [2.45, 2.75) is 43.6 Å². The molecule has 5 nitrogen and oxygen atoms in total. The van der Waals surface area contributed by atoms with Gasteiger partial charge in [-0.2, -0.15) is 0 Å². The van der Waals surface area contributed by atoms with Crippen molar-refractivity contribution in [2.24, 2.45) is 0 Å². The van der Waals surface area contributed by atoms with Crippen molar-refractivity contribution in [3.05, 3.63) is 62.3 Å². The molecule has 2 saturated carbocycles. The maximum atomic E-state index is 13.3. The Labute approximate surface area is 152 Å². The summed E-state index contributed by atoms with van der Waals surface area (Å²) in [5.41, 5.74) is 0.490. The molecule has 2 aromatic rings. The lowest BCUT2D eigenvalue weighted by Gasteiger charge is -2.35. The van der Waals surface area contributed by atoms with E-state index in [-0.39, 0.29) is 28.1 Å². The van der Waals surface area contributed by atoms with Gasteiger partial charge in [0.1, 0.15) is 5.82 Å². The van der Waals surface area contributed by atoms with Gasteiger partial charge in [-0.1, -0.05) is 11.6 Å². The summed E-state index contributed by atoms with van der Waals surface area (Å²) in [7, 11) is 0. The van der Waals surface area contributed by atoms with Crippen molar-refractivity contribution in [1.29, 1.82) is 0 Å². The number of benzene rings is 1. The number of rotatable bonds is 4. The molecule has 136 valence electrons. The van der Waals surface area contributed by atoms with Crippen molar-refractivity contribution in [3.63, 3.8) is 0 Å². The van der Waals surface area contributed by atoms with E-state index >= 15 is 0 Å². The number of aromatic amines is 1. The van der Waals surface area contributed by atoms with E-state index in [2.05, 4.69) is 15.3 Å². The molecule has 1 aromatic heterocycles. The molecule has 2 N–H and O–H groups in total. The highest BCUT2D eigenvalue weighted by molar-refractivity contribution is 6.33. The fourth-order valence-electron chi connectivity index (χ4n) is 3.19. The maximum absolute atomic E-state index is 13.3. The lowest BCUT2D eigenvalue weighted by atomic mass is 9.78. The Morgan fingerprint density at radius 3 is 2.54 bits per heavy atom. The predicted molar refractivity (Wildman–Crippen MR) is 91.4 cm³/mol. The van der Waals surface area contributed by atoms with Gasteiger partial charge in [-0.15, -0.1) is 0 Å². The Kier molecular flexibility index (Phi) is 4.26. The predicted octanol–water partition coefficient (Wildman–Crippen LogP) is 3.25. The Hall–Kier alpha value is -2.28. The van der Waals surface area contributed by atoms with E-state index in [1.54, 1.807) is 0 Å². The zero-order valence-corrected chi connectivity index (χ0v) is 14.4. The normalized spacial score (nSPS) is 22.0. The summed E-state index contributed by atoms with van der Waals surface area (Å²) in [6.07, 6.45) is 3.36. The zero-order valence-electron chi connectivity index (χ0n) is 13.7. The number of hydrogen-bond acceptors (Lipinski definition) is 3. The number of aromatic nitrogens is 2. The van der Waals surface area contributed by atoms with Crippen molar-refractivity contribution >= 4 is 17.5 Å². The fourth-order valence-corrected chi connectivity index (χ4v) is 3.43. The van der Waals surface area contributed by atoms with E-state index in [1.807, 2.05) is 0 Å². The molecule has 0 spiro atoms. The van der Waals surface area contributed by atoms with Gasteiger partial charge in [0.05, 0.1) is 16.3 Å². The molecule has 1 heterocycles. The van der Waals surface area contributed by atoms with Gasteiger partial charge >= 0.3 is 0 Å². The SMILES string of the molecule is O=C(NC1CC(c2cc(=O)[nH]c(C3CC3)n2)C1)c1cc(F)c(F)cc1Cl. The third-order valence-electron chi connectivity index (χ3n) is 4.89. The van der Waals surface area contributed by atoms with Crippen LogP contribution in [-0.4, -0.2) is 21.9 Å². The van der Waals surface area contributed by atoms with E-state index in [0.717, 1.165) is 36.5 Å². The Bertz CT molecular complexity index is 937. The number of nitrogens with one attached hydrogen (secondary N) is 2. The number of hydrogen-bond donors (Lipinski definition) is 2. The molecule has 0 unspecified atom stereocenters. The molecular weight excluding hydrogens is 364 g/mol. The topological polar surface area (TPSA) is 74.8 Å². The number of amides is 1. The molecule has 8 heteroatoms. The van der Waals surface area contributed by atoms with E-state index < -0.39 is 17.5 Å². The molecule has 1 amide bonds. The first-order valence-electron chi connectivity index (χ1n) is 8.47. The highest BCUT2D eigenvalue weighted by Crippen LogP contribution is 2.40. The molecule has 0 saturated heterocycles. The summed E-state index contributed by atoms with van der Waals surface area (Å²) >= 11 is 5.82. The highest BCUT2D eigenvalue weighted by Gasteiger charge is 2.34. The van der Waals surface area contributed by atoms with Gasteiger partial charge in [-0.3, -0.25) is 9.59 Å². The van der Waals surface area contributed by atoms with Crippen LogP contribution < -0.4 is 10.9 Å². The van der Waals surface area contributed by atoms with Crippen LogP contribution in [0, 0.1) is 11.6 Å². The number of carbonyl (C=O) groups excluding carboxylic acids is 1. The van der Waals surface area contributed by atoms with E-state index in [0.29, 0.717) is 18.8 Å². The molecule has 0 atom stereocenters. The molecule has 1 aromatic carbocycles. The van der Waals surface area contributed by atoms with Gasteiger partial charge in [0.2, 0.25) is 0 Å². The molecule has 4 rings (SSSR count). The third kappa shape index (κ3) is 3.35. The summed E-state index contributed by atoms with van der Waals surface area (Å²) in [5, 5.41) is 2.62. The van der Waals surface area contributed by atoms with Crippen LogP contribution in [-0.2, 0) is 0 Å². The quantitative estimate of drug-likeness (QED) is 0.801. The average Bonchev–Trinajstić information content (AvgIpc) is 3.38. The van der Waals surface area contributed by atoms with Crippen LogP contribution >= 0.6 is 11.6 Å². The molecule has 2 fully saturated rings. The fraction of sp³-hybridized carbons (Fsp3) is 0.389. The molecule has 2 aliphatic rings. The van der Waals surface area contributed by atoms with Gasteiger partial charge in [0.15, 0.2) is 11.6 Å². The standard InChI is InChI=1S/C18H16ClF2N3O2/c19-12-6-14(21)13(20)5-11(12)18(26)22-10-3-9(4-10)15-7-16(25)24-17(23-15)8-1-2-8/h5-10H,1-4H2,(H,22,26)(H,23,24,25). The number of H-pyrrole nitrogens is 1. The molecule has 0 radical (unpaired) electrons. The minimum absolute atomic E-state index is 0.0977. The summed E-state index contributed by atoms with van der Waals surface area (Å²) in [6, 6.07) is 2.96. The highest BCUT2D eigenvalue weighted by atomic mass is 35.5. The first kappa shape index (κ1) is 17.1. The van der Waals surface area contributed by atoms with Crippen LogP contribution in [0.1, 0.15) is 59.4 Å². The van der Waals surface area contributed by atoms with Crippen LogP contribution in [0.4, 0.5) is 8.78 Å². The van der Waals surface area contributed by atoms with Crippen molar-refractivity contribution < 1.29 is 13.6 Å². The monoisotopic (exact) mass is 379 g/mol. The van der Waals surface area contributed by atoms with Gasteiger partial charge < -0.3 is 10.3 Å². The van der Waals surface area contributed by atoms with E-state index in [1.165, 1.54) is 6.07 Å². The van der Waals surface area contributed by atoms with Crippen molar-refractivity contribution in [2.75, 3.05) is 0 Å². The molecule has 0 bridgehead atoms. The second-order valence-electron chi connectivity index (χ2n) is 6.91. The first-order chi connectivity index (χ1) is 12.4. The lowest BCUT2D eigenvalue weighted by Crippen LogP contribution is -2.44. The second kappa shape index (κ2) is 6.46. The minimum atomic E-state index is -1.12. The number of nitrogens with zero attached hydrogens (tertiary/aromatic N) is 1. The lowest BCUT2D eigenvalue weighted by molar-refractivity contribution is 0.0907. The number of halogens is 3. The Morgan fingerprint density at radius 1 is 1.15 bits per heavy atom. The van der Waals surface area contributed by atoms with Crippen LogP contribution in [0.2, 0.25) is 5.02 Å². The number of carbonyl (C=O) groups is 1. The Morgan fingerprint density at radius 2 is 1.85 bits per heavy atom. The van der Waals surface area contributed by atoms with Crippen LogP contribution in [0.25, 0.3) is 0 Å². The zero-order chi connectivity index (χ0) is 18.4. The van der Waals surface area contributed by atoms with Crippen LogP contribution in [0.3, 0.4) is 0 Å². The first-order valence-corrected chi connectivity index (χ1v) is 8.85. The van der Waals surface area contributed by atoms with Gasteiger partial charge in [0.25, 0.3) is 11.5 Å². The largest absolute Gasteiger partial charge is 0.349 e. The average molecular weight is 380 g/mol. The minimum Gasteiger partial charge on any atom is -0.349 e. The summed E-state index contributed by atoms with van der Waals surface area (Å²) in [6.45, 7) is 0. The van der Waals surface area contributed by atoms with E-state index in [9.17, 15) is 18.4 Å². The van der Waals surface area contributed by atoms with Gasteiger partial charge in [-0.05, 0) is 37.8 Å². The third-order valence-corrected chi connectivity index (χ3v) is 5.20. The summed E-state index contributed by atoms with van der Waals surface area (Å²) in [4.78, 5) is 31.3. The smallest absolute Gasteiger partial charge is 0.253 e. The van der Waals surface area contributed by atoms with Gasteiger partial charge in [-0.25, -0.2) is 13.8 Å². The van der Waals surface area contributed by atoms with Gasteiger partial charge in [0, 0.05) is 23.9 Å². The maximum Gasteiger partial charge on any atom is 0.253 e. The van der Waals surface area contributed by atoms with E-state index in [4.69, 9.17) is 11.6 Å².